The lowest BCUT2D eigenvalue weighted by molar-refractivity contribution is -0.121. The molecule has 0 aliphatic carbocycles. The van der Waals surface area contributed by atoms with Gasteiger partial charge in [0, 0.05) is 19.5 Å². The van der Waals surface area contributed by atoms with Crippen molar-refractivity contribution < 1.29 is 23.8 Å². The van der Waals surface area contributed by atoms with E-state index in [9.17, 15) is 9.59 Å². The number of hydrazine groups is 1. The number of ether oxygens (including phenoxy) is 3. The highest BCUT2D eigenvalue weighted by atomic mass is 32.1. The Morgan fingerprint density at radius 2 is 1.69 bits per heavy atom. The summed E-state index contributed by atoms with van der Waals surface area (Å²) < 4.78 is 15.6. The van der Waals surface area contributed by atoms with Gasteiger partial charge in [-0.3, -0.25) is 15.6 Å². The average Bonchev–Trinajstić information content (AvgIpc) is 2.64. The Morgan fingerprint density at radius 1 is 1.00 bits per heavy atom. The molecule has 0 fully saturated rings. The van der Waals surface area contributed by atoms with E-state index < -0.39 is 11.7 Å². The van der Waals surface area contributed by atoms with Crippen LogP contribution < -0.4 is 31.0 Å². The van der Waals surface area contributed by atoms with Crippen LogP contribution in [0, 0.1) is 0 Å². The maximum Gasteiger partial charge on any atom is 0.407 e. The summed E-state index contributed by atoms with van der Waals surface area (Å²) in [6.45, 7) is 6.02. The Bertz CT molecular complexity index is 706. The normalized spacial score (nSPS) is 10.5. The Balaban J connectivity index is 2.22. The number of hydrogen-bond acceptors (Lipinski definition) is 6. The molecule has 0 radical (unpaired) electrons. The number of thiocarbonyl (C=S) groups is 1. The number of benzene rings is 1. The molecule has 162 valence electrons. The number of hydrogen-bond donors (Lipinski definition) is 4. The van der Waals surface area contributed by atoms with Crippen LogP contribution in [0.3, 0.4) is 0 Å². The second-order valence-corrected chi connectivity index (χ2v) is 7.46. The number of carbonyl (C=O) groups is 2. The second-order valence-electron chi connectivity index (χ2n) is 7.05. The number of alkyl carbamates (subject to hydrolysis) is 1. The van der Waals surface area contributed by atoms with Gasteiger partial charge in [0.2, 0.25) is 5.91 Å². The third-order valence-corrected chi connectivity index (χ3v) is 3.73. The Kier molecular flexibility index (Phi) is 10.0. The third kappa shape index (κ3) is 10.4. The zero-order valence-electron chi connectivity index (χ0n) is 17.5. The molecule has 0 saturated carbocycles. The fourth-order valence-corrected chi connectivity index (χ4v) is 2.34. The van der Waals surface area contributed by atoms with Crippen molar-refractivity contribution in [2.45, 2.75) is 39.2 Å². The standard InChI is InChI=1S/C19H30N4O5S/c1-19(2,3)28-18(25)21-11-9-16(24)22-23-17(29)20-10-8-13-6-7-14(26-4)15(12-13)27-5/h6-7,12H,8-11H2,1-5H3,(H,21,25)(H,22,24)(H2,20,23,29). The first-order valence-electron chi connectivity index (χ1n) is 9.15. The average molecular weight is 427 g/mol. The molecule has 1 aromatic rings. The van der Waals surface area contributed by atoms with E-state index in [4.69, 9.17) is 26.4 Å². The van der Waals surface area contributed by atoms with Gasteiger partial charge in [0.05, 0.1) is 14.2 Å². The molecule has 0 aliphatic heterocycles. The van der Waals surface area contributed by atoms with Crippen molar-refractivity contribution in [3.63, 3.8) is 0 Å². The zero-order chi connectivity index (χ0) is 21.9. The van der Waals surface area contributed by atoms with Crippen molar-refractivity contribution in [2.24, 2.45) is 0 Å². The van der Waals surface area contributed by atoms with Gasteiger partial charge in [-0.2, -0.15) is 0 Å². The summed E-state index contributed by atoms with van der Waals surface area (Å²) in [7, 11) is 3.18. The molecule has 0 bridgehead atoms. The second kappa shape index (κ2) is 11.9. The van der Waals surface area contributed by atoms with Crippen molar-refractivity contribution in [2.75, 3.05) is 27.3 Å². The first kappa shape index (κ1) is 24.3. The van der Waals surface area contributed by atoms with Crippen LogP contribution in [-0.2, 0) is 16.0 Å². The number of amides is 2. The van der Waals surface area contributed by atoms with Gasteiger partial charge in [-0.15, -0.1) is 0 Å². The van der Waals surface area contributed by atoms with Crippen molar-refractivity contribution in [1.82, 2.24) is 21.5 Å². The first-order valence-corrected chi connectivity index (χ1v) is 9.56. The number of carbonyl (C=O) groups excluding carboxylic acids is 2. The summed E-state index contributed by atoms with van der Waals surface area (Å²) in [5.74, 6) is 1.02. The summed E-state index contributed by atoms with van der Waals surface area (Å²) in [4.78, 5) is 23.3. The summed E-state index contributed by atoms with van der Waals surface area (Å²) in [6, 6.07) is 5.69. The number of methoxy groups -OCH3 is 2. The monoisotopic (exact) mass is 426 g/mol. The van der Waals surface area contributed by atoms with E-state index in [2.05, 4.69) is 21.5 Å². The fraction of sp³-hybridized carbons (Fsp3) is 0.526. The Morgan fingerprint density at radius 3 is 2.31 bits per heavy atom. The predicted molar refractivity (Wildman–Crippen MR) is 114 cm³/mol. The van der Waals surface area contributed by atoms with Gasteiger partial charge in [0.25, 0.3) is 0 Å². The molecular weight excluding hydrogens is 396 g/mol. The maximum atomic E-state index is 11.8. The van der Waals surface area contributed by atoms with E-state index in [1.807, 2.05) is 18.2 Å². The lowest BCUT2D eigenvalue weighted by Crippen LogP contribution is -2.47. The van der Waals surface area contributed by atoms with Crippen LogP contribution in [0.4, 0.5) is 4.79 Å². The van der Waals surface area contributed by atoms with Gasteiger partial charge >= 0.3 is 6.09 Å². The van der Waals surface area contributed by atoms with Gasteiger partial charge in [0.1, 0.15) is 5.60 Å². The molecule has 1 rings (SSSR count). The largest absolute Gasteiger partial charge is 0.493 e. The van der Waals surface area contributed by atoms with Gasteiger partial charge in [-0.05, 0) is 57.1 Å². The van der Waals surface area contributed by atoms with E-state index in [1.165, 1.54) is 0 Å². The van der Waals surface area contributed by atoms with Crippen LogP contribution in [0.2, 0.25) is 0 Å². The van der Waals surface area contributed by atoms with Gasteiger partial charge < -0.3 is 24.8 Å². The quantitative estimate of drug-likeness (QED) is 0.367. The minimum Gasteiger partial charge on any atom is -0.493 e. The van der Waals surface area contributed by atoms with Crippen molar-refractivity contribution in [3.8, 4) is 11.5 Å². The summed E-state index contributed by atoms with van der Waals surface area (Å²) in [5.41, 5.74) is 5.55. The molecule has 0 aliphatic rings. The highest BCUT2D eigenvalue weighted by Gasteiger charge is 2.15. The summed E-state index contributed by atoms with van der Waals surface area (Å²) >= 11 is 5.12. The SMILES string of the molecule is COc1ccc(CCNC(=S)NNC(=O)CCNC(=O)OC(C)(C)C)cc1OC. The van der Waals surface area contributed by atoms with E-state index >= 15 is 0 Å². The lowest BCUT2D eigenvalue weighted by atomic mass is 10.1. The topological polar surface area (TPSA) is 110 Å². The third-order valence-electron chi connectivity index (χ3n) is 3.48. The molecule has 1 aromatic carbocycles. The van der Waals surface area contributed by atoms with Gasteiger partial charge in [-0.25, -0.2) is 4.79 Å². The molecule has 0 spiro atoms. The molecule has 2 amide bonds. The van der Waals surface area contributed by atoms with Crippen LogP contribution in [-0.4, -0.2) is 50.0 Å². The zero-order valence-corrected chi connectivity index (χ0v) is 18.3. The maximum absolute atomic E-state index is 11.8. The van der Waals surface area contributed by atoms with Crippen LogP contribution in [0.5, 0.6) is 11.5 Å². The molecule has 29 heavy (non-hydrogen) atoms. The summed E-state index contributed by atoms with van der Waals surface area (Å²) in [6.07, 6.45) is 0.224. The van der Waals surface area contributed by atoms with Crippen molar-refractivity contribution in [1.29, 1.82) is 0 Å². The van der Waals surface area contributed by atoms with E-state index in [-0.39, 0.29) is 18.9 Å². The fourth-order valence-electron chi connectivity index (χ4n) is 2.18. The Hall–Kier alpha value is -2.75. The lowest BCUT2D eigenvalue weighted by Gasteiger charge is -2.19. The molecule has 9 nitrogen and oxygen atoms in total. The number of nitrogens with one attached hydrogen (secondary N) is 4. The molecule has 0 heterocycles. The predicted octanol–water partition coefficient (Wildman–Crippen LogP) is 1.66. The minimum atomic E-state index is -0.581. The van der Waals surface area contributed by atoms with Crippen LogP contribution in [0.25, 0.3) is 0 Å². The molecule has 4 N–H and O–H groups in total. The molecule has 0 saturated heterocycles. The molecule has 10 heteroatoms. The molecule has 0 atom stereocenters. The number of rotatable bonds is 8. The smallest absolute Gasteiger partial charge is 0.407 e. The first-order chi connectivity index (χ1) is 13.6. The van der Waals surface area contributed by atoms with Gasteiger partial charge in [-0.1, -0.05) is 6.07 Å². The molecule has 0 unspecified atom stereocenters. The van der Waals surface area contributed by atoms with E-state index in [1.54, 1.807) is 35.0 Å². The highest BCUT2D eigenvalue weighted by molar-refractivity contribution is 7.80. The van der Waals surface area contributed by atoms with Crippen molar-refractivity contribution in [3.05, 3.63) is 23.8 Å². The Labute approximate surface area is 176 Å². The summed E-state index contributed by atoms with van der Waals surface area (Å²) in [5, 5.41) is 5.80. The van der Waals surface area contributed by atoms with Crippen LogP contribution in [0.15, 0.2) is 18.2 Å². The molecular formula is C19H30N4O5S. The molecule has 0 aromatic heterocycles. The van der Waals surface area contributed by atoms with E-state index in [0.717, 1.165) is 5.56 Å². The van der Waals surface area contributed by atoms with Gasteiger partial charge in [0.15, 0.2) is 16.6 Å². The van der Waals surface area contributed by atoms with Crippen LogP contribution in [0.1, 0.15) is 32.8 Å². The highest BCUT2D eigenvalue weighted by Crippen LogP contribution is 2.27. The van der Waals surface area contributed by atoms with Crippen LogP contribution >= 0.6 is 12.2 Å². The van der Waals surface area contributed by atoms with E-state index in [0.29, 0.717) is 29.6 Å². The van der Waals surface area contributed by atoms with Crippen molar-refractivity contribution >= 4 is 29.3 Å². The minimum absolute atomic E-state index is 0.0838.